The van der Waals surface area contributed by atoms with Crippen LogP contribution in [-0.2, 0) is 11.3 Å². The highest BCUT2D eigenvalue weighted by Crippen LogP contribution is 2.30. The average Bonchev–Trinajstić information content (AvgIpc) is 2.66. The number of phenolic OH excluding ortho intramolecular Hbond substituents is 1. The third kappa shape index (κ3) is 3.52. The SMILES string of the molecule is Cc1oc2c(C[NH+]3CCOCC3)c(O)ccc2c(=O)c1-c1ccc(Br)cc1. The summed E-state index contributed by atoms with van der Waals surface area (Å²) in [5.74, 6) is 0.721. The number of halogens is 1. The van der Waals surface area contributed by atoms with E-state index >= 15 is 0 Å². The zero-order valence-electron chi connectivity index (χ0n) is 15.0. The molecule has 2 N–H and O–H groups in total. The van der Waals surface area contributed by atoms with E-state index in [0.717, 1.165) is 23.1 Å². The van der Waals surface area contributed by atoms with Crippen molar-refractivity contribution in [2.45, 2.75) is 13.5 Å². The maximum absolute atomic E-state index is 13.2. The Labute approximate surface area is 165 Å². The fraction of sp³-hybridized carbons (Fsp3) is 0.286. The monoisotopic (exact) mass is 430 g/mol. The molecule has 1 fully saturated rings. The van der Waals surface area contributed by atoms with Crippen LogP contribution in [0.4, 0.5) is 0 Å². The van der Waals surface area contributed by atoms with E-state index in [1.807, 2.05) is 24.3 Å². The van der Waals surface area contributed by atoms with Gasteiger partial charge in [0.05, 0.1) is 29.7 Å². The van der Waals surface area contributed by atoms with Crippen LogP contribution in [0.1, 0.15) is 11.3 Å². The fourth-order valence-electron chi connectivity index (χ4n) is 3.62. The van der Waals surface area contributed by atoms with Gasteiger partial charge in [-0.15, -0.1) is 0 Å². The van der Waals surface area contributed by atoms with E-state index in [2.05, 4.69) is 15.9 Å². The number of aromatic hydroxyl groups is 1. The van der Waals surface area contributed by atoms with Crippen LogP contribution in [-0.4, -0.2) is 31.4 Å². The van der Waals surface area contributed by atoms with Gasteiger partial charge in [0.25, 0.3) is 0 Å². The molecule has 0 atom stereocenters. The summed E-state index contributed by atoms with van der Waals surface area (Å²) in [7, 11) is 0. The standard InChI is InChI=1S/C21H20BrNO4/c1-13-19(14-2-4-15(22)5-3-14)20(25)16-6-7-18(24)17(21(16)27-13)12-23-8-10-26-11-9-23/h2-7,24H,8-12H2,1H3/p+1. The Kier molecular flexibility index (Phi) is 5.04. The Balaban J connectivity index is 1.85. The number of hydrogen-bond acceptors (Lipinski definition) is 4. The van der Waals surface area contributed by atoms with Crippen molar-refractivity contribution in [3.8, 4) is 16.9 Å². The number of benzene rings is 2. The van der Waals surface area contributed by atoms with Crippen molar-refractivity contribution in [3.05, 3.63) is 62.4 Å². The number of morpholine rings is 1. The van der Waals surface area contributed by atoms with Gasteiger partial charge in [0.1, 0.15) is 31.1 Å². The van der Waals surface area contributed by atoms with E-state index in [-0.39, 0.29) is 11.2 Å². The van der Waals surface area contributed by atoms with Gasteiger partial charge < -0.3 is 19.2 Å². The second-order valence-electron chi connectivity index (χ2n) is 6.85. The van der Waals surface area contributed by atoms with Gasteiger partial charge in [-0.25, -0.2) is 0 Å². The van der Waals surface area contributed by atoms with Gasteiger partial charge in [-0.05, 0) is 36.8 Å². The molecule has 1 saturated heterocycles. The topological polar surface area (TPSA) is 64.1 Å². The van der Waals surface area contributed by atoms with Crippen molar-refractivity contribution < 1.29 is 19.2 Å². The number of quaternary nitrogens is 1. The van der Waals surface area contributed by atoms with E-state index in [1.165, 1.54) is 4.90 Å². The first kappa shape index (κ1) is 18.2. The molecule has 1 aliphatic heterocycles. The first-order valence-electron chi connectivity index (χ1n) is 9.00. The predicted molar refractivity (Wildman–Crippen MR) is 107 cm³/mol. The van der Waals surface area contributed by atoms with E-state index < -0.39 is 0 Å². The number of aryl methyl sites for hydroxylation is 1. The lowest BCUT2D eigenvalue weighted by Crippen LogP contribution is -3.12. The molecule has 0 aliphatic carbocycles. The second kappa shape index (κ2) is 7.46. The zero-order chi connectivity index (χ0) is 19.0. The molecule has 0 amide bonds. The van der Waals surface area contributed by atoms with Crippen molar-refractivity contribution in [3.63, 3.8) is 0 Å². The number of phenols is 1. The van der Waals surface area contributed by atoms with Crippen LogP contribution in [0.5, 0.6) is 5.75 Å². The molecule has 0 bridgehead atoms. The zero-order valence-corrected chi connectivity index (χ0v) is 16.6. The fourth-order valence-corrected chi connectivity index (χ4v) is 3.88. The normalized spacial score (nSPS) is 15.3. The lowest BCUT2D eigenvalue weighted by atomic mass is 10.0. The molecule has 2 heterocycles. The van der Waals surface area contributed by atoms with Crippen LogP contribution in [0.3, 0.4) is 0 Å². The van der Waals surface area contributed by atoms with Crippen molar-refractivity contribution in [1.82, 2.24) is 0 Å². The summed E-state index contributed by atoms with van der Waals surface area (Å²) in [5, 5.41) is 10.9. The van der Waals surface area contributed by atoms with Crippen molar-refractivity contribution >= 4 is 26.9 Å². The summed E-state index contributed by atoms with van der Waals surface area (Å²) in [6.45, 7) is 5.56. The Hall–Kier alpha value is -2.15. The van der Waals surface area contributed by atoms with Gasteiger partial charge in [0.15, 0.2) is 5.58 Å². The van der Waals surface area contributed by atoms with Crippen molar-refractivity contribution in [2.75, 3.05) is 26.3 Å². The highest BCUT2D eigenvalue weighted by atomic mass is 79.9. The summed E-state index contributed by atoms with van der Waals surface area (Å²) >= 11 is 3.42. The third-order valence-corrected chi connectivity index (χ3v) is 5.60. The third-order valence-electron chi connectivity index (χ3n) is 5.07. The number of ether oxygens (including phenoxy) is 1. The number of hydrogen-bond donors (Lipinski definition) is 2. The largest absolute Gasteiger partial charge is 0.507 e. The Bertz CT molecular complexity index is 1040. The summed E-state index contributed by atoms with van der Waals surface area (Å²) < 4.78 is 12.5. The lowest BCUT2D eigenvalue weighted by Gasteiger charge is -2.24. The Morgan fingerprint density at radius 2 is 1.81 bits per heavy atom. The molecule has 3 aromatic rings. The predicted octanol–water partition coefficient (Wildman–Crippen LogP) is 2.65. The van der Waals surface area contributed by atoms with E-state index in [1.54, 1.807) is 19.1 Å². The summed E-state index contributed by atoms with van der Waals surface area (Å²) in [4.78, 5) is 14.5. The van der Waals surface area contributed by atoms with Crippen LogP contribution >= 0.6 is 15.9 Å². The summed E-state index contributed by atoms with van der Waals surface area (Å²) in [5.41, 5.74) is 2.48. The lowest BCUT2D eigenvalue weighted by molar-refractivity contribution is -0.921. The maximum atomic E-state index is 13.2. The first-order valence-corrected chi connectivity index (χ1v) is 9.79. The smallest absolute Gasteiger partial charge is 0.200 e. The molecular weight excluding hydrogens is 410 g/mol. The highest BCUT2D eigenvalue weighted by Gasteiger charge is 2.22. The first-order chi connectivity index (χ1) is 13.0. The number of nitrogens with one attached hydrogen (secondary N) is 1. The van der Waals surface area contributed by atoms with Crippen LogP contribution in [0.25, 0.3) is 22.1 Å². The molecule has 0 saturated carbocycles. The summed E-state index contributed by atoms with van der Waals surface area (Å²) in [6.07, 6.45) is 0. The average molecular weight is 431 g/mol. The molecule has 2 aromatic carbocycles. The van der Waals surface area contributed by atoms with Gasteiger partial charge in [0.2, 0.25) is 5.43 Å². The maximum Gasteiger partial charge on any atom is 0.200 e. The minimum absolute atomic E-state index is 0.0747. The van der Waals surface area contributed by atoms with Crippen LogP contribution in [0.2, 0.25) is 0 Å². The van der Waals surface area contributed by atoms with Crippen LogP contribution in [0, 0.1) is 6.92 Å². The van der Waals surface area contributed by atoms with E-state index in [4.69, 9.17) is 9.15 Å². The molecule has 1 aliphatic rings. The van der Waals surface area contributed by atoms with Gasteiger partial charge in [0, 0.05) is 4.47 Å². The number of fused-ring (bicyclic) bond motifs is 1. The minimum Gasteiger partial charge on any atom is -0.507 e. The van der Waals surface area contributed by atoms with Crippen LogP contribution in [0.15, 0.2) is 50.1 Å². The van der Waals surface area contributed by atoms with E-state index in [9.17, 15) is 9.90 Å². The molecule has 6 heteroatoms. The van der Waals surface area contributed by atoms with Gasteiger partial charge in [-0.2, -0.15) is 0 Å². The molecule has 4 rings (SSSR count). The molecule has 0 radical (unpaired) electrons. The highest BCUT2D eigenvalue weighted by molar-refractivity contribution is 9.10. The molecule has 140 valence electrons. The number of rotatable bonds is 3. The van der Waals surface area contributed by atoms with Gasteiger partial charge in [-0.1, -0.05) is 28.1 Å². The quantitative estimate of drug-likeness (QED) is 0.670. The molecule has 0 unspecified atom stereocenters. The summed E-state index contributed by atoms with van der Waals surface area (Å²) in [6, 6.07) is 10.8. The Morgan fingerprint density at radius 3 is 2.52 bits per heavy atom. The van der Waals surface area contributed by atoms with Crippen LogP contribution < -0.4 is 10.3 Å². The molecule has 27 heavy (non-hydrogen) atoms. The molecular formula is C21H21BrNO4+. The molecule has 1 aromatic heterocycles. The molecule has 5 nitrogen and oxygen atoms in total. The van der Waals surface area contributed by atoms with Gasteiger partial charge in [-0.3, -0.25) is 4.79 Å². The second-order valence-corrected chi connectivity index (χ2v) is 7.76. The Morgan fingerprint density at radius 1 is 1.11 bits per heavy atom. The van der Waals surface area contributed by atoms with Crippen molar-refractivity contribution in [1.29, 1.82) is 0 Å². The van der Waals surface area contributed by atoms with E-state index in [0.29, 0.717) is 47.6 Å². The molecule has 0 spiro atoms. The minimum atomic E-state index is -0.0747. The van der Waals surface area contributed by atoms with Crippen molar-refractivity contribution in [2.24, 2.45) is 0 Å². The van der Waals surface area contributed by atoms with Gasteiger partial charge >= 0.3 is 0 Å².